The fourth-order valence-corrected chi connectivity index (χ4v) is 1.28. The van der Waals surface area contributed by atoms with Crippen LogP contribution in [0.15, 0.2) is 30.3 Å². The first-order chi connectivity index (χ1) is 6.58. The summed E-state index contributed by atoms with van der Waals surface area (Å²) in [5.41, 5.74) is 0.133. The molecule has 1 atom stereocenters. The van der Waals surface area contributed by atoms with Gasteiger partial charge < -0.3 is 10.4 Å². The van der Waals surface area contributed by atoms with Crippen LogP contribution >= 0.6 is 0 Å². The summed E-state index contributed by atoms with van der Waals surface area (Å²) in [5, 5.41) is 11.9. The summed E-state index contributed by atoms with van der Waals surface area (Å²) in [4.78, 5) is 11.0. The van der Waals surface area contributed by atoms with Crippen molar-refractivity contribution >= 4 is 5.97 Å². The van der Waals surface area contributed by atoms with Crippen LogP contribution in [0.4, 0.5) is 0 Å². The first kappa shape index (κ1) is 10.7. The maximum atomic E-state index is 11.0. The molecule has 0 aromatic heterocycles. The number of aliphatic carboxylic acids is 1. The van der Waals surface area contributed by atoms with Crippen molar-refractivity contribution in [3.63, 3.8) is 0 Å². The SMILES string of the molecule is CNC(C)(Cc1ccccc1)C(=O)O. The van der Waals surface area contributed by atoms with Gasteiger partial charge in [-0.1, -0.05) is 30.3 Å². The summed E-state index contributed by atoms with van der Waals surface area (Å²) < 4.78 is 0. The van der Waals surface area contributed by atoms with Crippen LogP contribution in [0, 0.1) is 0 Å². The lowest BCUT2D eigenvalue weighted by atomic mass is 9.93. The Bertz CT molecular complexity index is 310. The molecule has 1 unspecified atom stereocenters. The molecule has 0 heterocycles. The molecule has 0 saturated carbocycles. The van der Waals surface area contributed by atoms with E-state index in [1.807, 2.05) is 30.3 Å². The largest absolute Gasteiger partial charge is 0.480 e. The van der Waals surface area contributed by atoms with E-state index < -0.39 is 11.5 Å². The second-order valence-corrected chi connectivity index (χ2v) is 3.55. The molecule has 76 valence electrons. The molecular weight excluding hydrogens is 178 g/mol. The van der Waals surface area contributed by atoms with E-state index in [1.54, 1.807) is 14.0 Å². The molecule has 0 aliphatic heterocycles. The van der Waals surface area contributed by atoms with Crippen molar-refractivity contribution in [2.75, 3.05) is 7.05 Å². The van der Waals surface area contributed by atoms with E-state index in [4.69, 9.17) is 5.11 Å². The molecule has 0 radical (unpaired) electrons. The Balaban J connectivity index is 2.81. The third-order valence-corrected chi connectivity index (χ3v) is 2.42. The Morgan fingerprint density at radius 2 is 2.00 bits per heavy atom. The maximum Gasteiger partial charge on any atom is 0.323 e. The van der Waals surface area contributed by atoms with Crippen molar-refractivity contribution in [3.8, 4) is 0 Å². The van der Waals surface area contributed by atoms with Gasteiger partial charge in [-0.05, 0) is 19.5 Å². The van der Waals surface area contributed by atoms with Crippen LogP contribution in [0.2, 0.25) is 0 Å². The average Bonchev–Trinajstić information content (AvgIpc) is 2.19. The predicted octanol–water partition coefficient (Wildman–Crippen LogP) is 1.29. The second kappa shape index (κ2) is 4.24. The van der Waals surface area contributed by atoms with Gasteiger partial charge in [0, 0.05) is 6.42 Å². The number of carbonyl (C=O) groups is 1. The minimum absolute atomic E-state index is 0.486. The molecule has 0 saturated heterocycles. The van der Waals surface area contributed by atoms with Crippen molar-refractivity contribution in [3.05, 3.63) is 35.9 Å². The molecule has 2 N–H and O–H groups in total. The number of hydrogen-bond donors (Lipinski definition) is 2. The smallest absolute Gasteiger partial charge is 0.323 e. The Kier molecular flexibility index (Phi) is 3.25. The maximum absolute atomic E-state index is 11.0. The highest BCUT2D eigenvalue weighted by Crippen LogP contribution is 2.12. The first-order valence-corrected chi connectivity index (χ1v) is 4.55. The van der Waals surface area contributed by atoms with Gasteiger partial charge in [0.2, 0.25) is 0 Å². The topological polar surface area (TPSA) is 49.3 Å². The fourth-order valence-electron chi connectivity index (χ4n) is 1.28. The average molecular weight is 193 g/mol. The van der Waals surface area contributed by atoms with Crippen LogP contribution in [0.25, 0.3) is 0 Å². The third kappa shape index (κ3) is 2.33. The van der Waals surface area contributed by atoms with E-state index in [0.717, 1.165) is 5.56 Å². The minimum atomic E-state index is -0.888. The van der Waals surface area contributed by atoms with Crippen molar-refractivity contribution in [1.29, 1.82) is 0 Å². The Labute approximate surface area is 83.8 Å². The number of benzene rings is 1. The van der Waals surface area contributed by atoms with E-state index in [-0.39, 0.29) is 0 Å². The lowest BCUT2D eigenvalue weighted by Gasteiger charge is -2.24. The summed E-state index contributed by atoms with van der Waals surface area (Å²) >= 11 is 0. The van der Waals surface area contributed by atoms with Gasteiger partial charge in [-0.15, -0.1) is 0 Å². The highest BCUT2D eigenvalue weighted by atomic mass is 16.4. The molecule has 0 bridgehead atoms. The highest BCUT2D eigenvalue weighted by Gasteiger charge is 2.30. The van der Waals surface area contributed by atoms with Gasteiger partial charge in [-0.3, -0.25) is 4.79 Å². The lowest BCUT2D eigenvalue weighted by Crippen LogP contribution is -2.49. The highest BCUT2D eigenvalue weighted by molar-refractivity contribution is 5.78. The van der Waals surface area contributed by atoms with Gasteiger partial charge in [0.15, 0.2) is 0 Å². The molecule has 0 aliphatic carbocycles. The minimum Gasteiger partial charge on any atom is -0.480 e. The molecule has 1 rings (SSSR count). The number of hydrogen-bond acceptors (Lipinski definition) is 2. The summed E-state index contributed by atoms with van der Waals surface area (Å²) in [6.07, 6.45) is 0.486. The van der Waals surface area contributed by atoms with Gasteiger partial charge in [0.05, 0.1) is 0 Å². The van der Waals surface area contributed by atoms with Crippen molar-refractivity contribution in [1.82, 2.24) is 5.32 Å². The summed E-state index contributed by atoms with van der Waals surface area (Å²) in [6, 6.07) is 9.60. The van der Waals surface area contributed by atoms with Gasteiger partial charge >= 0.3 is 5.97 Å². The molecule has 14 heavy (non-hydrogen) atoms. The Morgan fingerprint density at radius 1 is 1.43 bits per heavy atom. The third-order valence-electron chi connectivity index (χ3n) is 2.42. The van der Waals surface area contributed by atoms with Crippen molar-refractivity contribution < 1.29 is 9.90 Å². The molecule has 0 amide bonds. The van der Waals surface area contributed by atoms with Crippen LogP contribution < -0.4 is 5.32 Å². The number of likely N-dealkylation sites (N-methyl/N-ethyl adjacent to an activating group) is 1. The van der Waals surface area contributed by atoms with Crippen molar-refractivity contribution in [2.24, 2.45) is 0 Å². The molecule has 3 heteroatoms. The van der Waals surface area contributed by atoms with Gasteiger partial charge in [-0.2, -0.15) is 0 Å². The monoisotopic (exact) mass is 193 g/mol. The molecule has 0 fully saturated rings. The van der Waals surface area contributed by atoms with E-state index in [9.17, 15) is 4.79 Å². The first-order valence-electron chi connectivity index (χ1n) is 4.55. The van der Waals surface area contributed by atoms with Crippen molar-refractivity contribution in [2.45, 2.75) is 18.9 Å². The summed E-state index contributed by atoms with van der Waals surface area (Å²) in [6.45, 7) is 1.68. The zero-order valence-electron chi connectivity index (χ0n) is 8.45. The summed E-state index contributed by atoms with van der Waals surface area (Å²) in [7, 11) is 1.66. The zero-order chi connectivity index (χ0) is 10.6. The standard InChI is InChI=1S/C11H15NO2/c1-11(12-2,10(13)14)8-9-6-4-3-5-7-9/h3-7,12H,8H2,1-2H3,(H,13,14). The zero-order valence-corrected chi connectivity index (χ0v) is 8.45. The van der Waals surface area contributed by atoms with Crippen LogP contribution in [-0.4, -0.2) is 23.7 Å². The number of rotatable bonds is 4. The fraction of sp³-hybridized carbons (Fsp3) is 0.364. The van der Waals surface area contributed by atoms with Gasteiger partial charge in [0.25, 0.3) is 0 Å². The number of carboxylic acid groups (broad SMARTS) is 1. The van der Waals surface area contributed by atoms with Crippen LogP contribution in [0.5, 0.6) is 0 Å². The second-order valence-electron chi connectivity index (χ2n) is 3.55. The molecule has 0 aliphatic rings. The number of carboxylic acids is 1. The van der Waals surface area contributed by atoms with Crippen LogP contribution in [-0.2, 0) is 11.2 Å². The normalized spacial score (nSPS) is 14.7. The Hall–Kier alpha value is -1.35. The van der Waals surface area contributed by atoms with E-state index in [0.29, 0.717) is 6.42 Å². The van der Waals surface area contributed by atoms with E-state index in [1.165, 1.54) is 0 Å². The molecule has 0 spiro atoms. The van der Waals surface area contributed by atoms with Crippen LogP contribution in [0.1, 0.15) is 12.5 Å². The predicted molar refractivity (Wildman–Crippen MR) is 55.2 cm³/mol. The molecule has 3 nitrogen and oxygen atoms in total. The van der Waals surface area contributed by atoms with Gasteiger partial charge in [-0.25, -0.2) is 0 Å². The lowest BCUT2D eigenvalue weighted by molar-refractivity contribution is -0.143. The van der Waals surface area contributed by atoms with Crippen LogP contribution in [0.3, 0.4) is 0 Å². The molecule has 1 aromatic rings. The van der Waals surface area contributed by atoms with E-state index >= 15 is 0 Å². The molecule has 1 aromatic carbocycles. The number of nitrogens with one attached hydrogen (secondary N) is 1. The van der Waals surface area contributed by atoms with E-state index in [2.05, 4.69) is 5.32 Å². The summed E-state index contributed by atoms with van der Waals surface area (Å²) in [5.74, 6) is -0.830. The Morgan fingerprint density at radius 3 is 2.43 bits per heavy atom. The van der Waals surface area contributed by atoms with Gasteiger partial charge in [0.1, 0.15) is 5.54 Å². The quantitative estimate of drug-likeness (QED) is 0.757. The molecular formula is C11H15NO2.